The van der Waals surface area contributed by atoms with Crippen LogP contribution >= 0.6 is 0 Å². The fraction of sp³-hybridized carbons (Fsp3) is 0.143. The van der Waals surface area contributed by atoms with Gasteiger partial charge in [0.05, 0.1) is 10.5 Å². The van der Waals surface area contributed by atoms with E-state index in [1.807, 2.05) is 0 Å². The Morgan fingerprint density at radius 3 is 2.33 bits per heavy atom. The van der Waals surface area contributed by atoms with Crippen molar-refractivity contribution in [2.24, 2.45) is 0 Å². The standard InChI is InChI=1S/C14H10F3NO3/c15-14(16,17)11-3-1-2-10(8-11)9-21-13-6-4-12(5-7-13)18(19)20/h1-8H,9H2. The summed E-state index contributed by atoms with van der Waals surface area (Å²) in [7, 11) is 0. The van der Waals surface area contributed by atoms with E-state index in [1.54, 1.807) is 0 Å². The van der Waals surface area contributed by atoms with Crippen LogP contribution in [0.15, 0.2) is 48.5 Å². The van der Waals surface area contributed by atoms with Crippen LogP contribution in [0.2, 0.25) is 0 Å². The molecule has 110 valence electrons. The summed E-state index contributed by atoms with van der Waals surface area (Å²) >= 11 is 0. The maximum atomic E-state index is 12.5. The van der Waals surface area contributed by atoms with Crippen LogP contribution in [0.3, 0.4) is 0 Å². The zero-order chi connectivity index (χ0) is 15.5. The van der Waals surface area contributed by atoms with E-state index in [9.17, 15) is 23.3 Å². The molecule has 21 heavy (non-hydrogen) atoms. The van der Waals surface area contributed by atoms with E-state index < -0.39 is 16.7 Å². The van der Waals surface area contributed by atoms with Crippen molar-refractivity contribution < 1.29 is 22.8 Å². The molecule has 0 radical (unpaired) electrons. The van der Waals surface area contributed by atoms with Gasteiger partial charge in [-0.05, 0) is 29.8 Å². The summed E-state index contributed by atoms with van der Waals surface area (Å²) in [5, 5.41) is 10.5. The van der Waals surface area contributed by atoms with E-state index in [2.05, 4.69) is 0 Å². The highest BCUT2D eigenvalue weighted by Crippen LogP contribution is 2.29. The van der Waals surface area contributed by atoms with Crippen molar-refractivity contribution in [3.8, 4) is 5.75 Å². The minimum absolute atomic E-state index is 0.0538. The van der Waals surface area contributed by atoms with Crippen LogP contribution in [0.1, 0.15) is 11.1 Å². The van der Waals surface area contributed by atoms with Gasteiger partial charge in [0, 0.05) is 12.1 Å². The summed E-state index contributed by atoms with van der Waals surface area (Å²) in [6, 6.07) is 10.1. The van der Waals surface area contributed by atoms with Gasteiger partial charge in [0.25, 0.3) is 5.69 Å². The van der Waals surface area contributed by atoms with Gasteiger partial charge in [-0.2, -0.15) is 13.2 Å². The second-order valence-corrected chi connectivity index (χ2v) is 4.24. The molecule has 0 spiro atoms. The number of alkyl halides is 3. The number of non-ortho nitro benzene ring substituents is 1. The van der Waals surface area contributed by atoms with Crippen molar-refractivity contribution in [2.45, 2.75) is 12.8 Å². The first kappa shape index (κ1) is 14.8. The van der Waals surface area contributed by atoms with Crippen LogP contribution in [0.5, 0.6) is 5.75 Å². The summed E-state index contributed by atoms with van der Waals surface area (Å²) in [5.41, 5.74) is -0.461. The Hall–Kier alpha value is -2.57. The number of halogens is 3. The third-order valence-corrected chi connectivity index (χ3v) is 2.71. The minimum atomic E-state index is -4.40. The number of nitro groups is 1. The molecule has 0 unspecified atom stereocenters. The highest BCUT2D eigenvalue weighted by molar-refractivity contribution is 5.36. The highest BCUT2D eigenvalue weighted by Gasteiger charge is 2.30. The maximum absolute atomic E-state index is 12.5. The van der Waals surface area contributed by atoms with E-state index in [0.29, 0.717) is 11.3 Å². The predicted molar refractivity (Wildman–Crippen MR) is 68.9 cm³/mol. The Labute approximate surface area is 117 Å². The van der Waals surface area contributed by atoms with Crippen molar-refractivity contribution >= 4 is 5.69 Å². The predicted octanol–water partition coefficient (Wildman–Crippen LogP) is 4.19. The van der Waals surface area contributed by atoms with Gasteiger partial charge in [0.15, 0.2) is 0 Å². The second-order valence-electron chi connectivity index (χ2n) is 4.24. The third kappa shape index (κ3) is 3.95. The molecule has 0 bridgehead atoms. The zero-order valence-corrected chi connectivity index (χ0v) is 10.6. The maximum Gasteiger partial charge on any atom is 0.416 e. The van der Waals surface area contributed by atoms with Crippen LogP contribution < -0.4 is 4.74 Å². The Kier molecular flexibility index (Phi) is 4.11. The molecule has 0 atom stereocenters. The van der Waals surface area contributed by atoms with Crippen LogP contribution in [0.25, 0.3) is 0 Å². The lowest BCUT2D eigenvalue weighted by atomic mass is 10.1. The van der Waals surface area contributed by atoms with E-state index in [0.717, 1.165) is 12.1 Å². The van der Waals surface area contributed by atoms with E-state index in [4.69, 9.17) is 4.74 Å². The average molecular weight is 297 g/mol. The second kappa shape index (κ2) is 5.82. The Morgan fingerprint density at radius 1 is 1.10 bits per heavy atom. The number of hydrogen-bond donors (Lipinski definition) is 0. The first-order chi connectivity index (χ1) is 9.86. The fourth-order valence-corrected chi connectivity index (χ4v) is 1.67. The average Bonchev–Trinajstić information content (AvgIpc) is 2.45. The van der Waals surface area contributed by atoms with Crippen LogP contribution in [-0.2, 0) is 12.8 Å². The van der Waals surface area contributed by atoms with E-state index in [1.165, 1.54) is 36.4 Å². The fourth-order valence-electron chi connectivity index (χ4n) is 1.67. The van der Waals surface area contributed by atoms with Gasteiger partial charge in [-0.15, -0.1) is 0 Å². The molecule has 7 heteroatoms. The monoisotopic (exact) mass is 297 g/mol. The summed E-state index contributed by atoms with van der Waals surface area (Å²) in [6.45, 7) is -0.0538. The smallest absolute Gasteiger partial charge is 0.416 e. The van der Waals surface area contributed by atoms with Crippen molar-refractivity contribution in [3.63, 3.8) is 0 Å². The molecular weight excluding hydrogens is 287 g/mol. The normalized spacial score (nSPS) is 11.2. The van der Waals surface area contributed by atoms with Gasteiger partial charge < -0.3 is 4.74 Å². The first-order valence-electron chi connectivity index (χ1n) is 5.89. The number of nitro benzene ring substituents is 1. The lowest BCUT2D eigenvalue weighted by Gasteiger charge is -2.10. The van der Waals surface area contributed by atoms with Crippen LogP contribution in [0.4, 0.5) is 18.9 Å². The molecule has 0 saturated carbocycles. The van der Waals surface area contributed by atoms with Gasteiger partial charge >= 0.3 is 6.18 Å². The molecule has 4 nitrogen and oxygen atoms in total. The largest absolute Gasteiger partial charge is 0.489 e. The lowest BCUT2D eigenvalue weighted by Crippen LogP contribution is -2.06. The number of rotatable bonds is 4. The molecule has 0 aliphatic heterocycles. The molecule has 0 aromatic heterocycles. The Bertz CT molecular complexity index is 639. The van der Waals surface area contributed by atoms with E-state index >= 15 is 0 Å². The third-order valence-electron chi connectivity index (χ3n) is 2.71. The van der Waals surface area contributed by atoms with E-state index in [-0.39, 0.29) is 12.3 Å². The van der Waals surface area contributed by atoms with Crippen LogP contribution in [-0.4, -0.2) is 4.92 Å². The minimum Gasteiger partial charge on any atom is -0.489 e. The van der Waals surface area contributed by atoms with Crippen molar-refractivity contribution in [3.05, 3.63) is 69.8 Å². The number of hydrogen-bond acceptors (Lipinski definition) is 3. The van der Waals surface area contributed by atoms with Crippen LogP contribution in [0, 0.1) is 10.1 Å². The first-order valence-corrected chi connectivity index (χ1v) is 5.89. The number of ether oxygens (including phenoxy) is 1. The molecule has 0 aliphatic rings. The van der Waals surface area contributed by atoms with Gasteiger partial charge in [-0.1, -0.05) is 12.1 Å². The van der Waals surface area contributed by atoms with Crippen molar-refractivity contribution in [1.29, 1.82) is 0 Å². The SMILES string of the molecule is O=[N+]([O-])c1ccc(OCc2cccc(C(F)(F)F)c2)cc1. The van der Waals surface area contributed by atoms with Gasteiger partial charge in [-0.25, -0.2) is 0 Å². The van der Waals surface area contributed by atoms with Gasteiger partial charge in [-0.3, -0.25) is 10.1 Å². The Morgan fingerprint density at radius 2 is 1.76 bits per heavy atom. The lowest BCUT2D eigenvalue weighted by molar-refractivity contribution is -0.384. The highest BCUT2D eigenvalue weighted by atomic mass is 19.4. The summed E-state index contributed by atoms with van der Waals surface area (Å²) in [4.78, 5) is 9.94. The molecule has 2 aromatic carbocycles. The summed E-state index contributed by atoms with van der Waals surface area (Å²) in [6.07, 6.45) is -4.40. The number of nitrogens with zero attached hydrogens (tertiary/aromatic N) is 1. The molecule has 0 N–H and O–H groups in total. The molecule has 0 aliphatic carbocycles. The molecule has 0 saturated heterocycles. The summed E-state index contributed by atoms with van der Waals surface area (Å²) in [5.74, 6) is 0.345. The van der Waals surface area contributed by atoms with Gasteiger partial charge in [0.1, 0.15) is 12.4 Å². The Balaban J connectivity index is 2.04. The molecule has 0 fully saturated rings. The van der Waals surface area contributed by atoms with Crippen molar-refractivity contribution in [1.82, 2.24) is 0 Å². The summed E-state index contributed by atoms with van der Waals surface area (Å²) < 4.78 is 42.9. The van der Waals surface area contributed by atoms with Crippen molar-refractivity contribution in [2.75, 3.05) is 0 Å². The quantitative estimate of drug-likeness (QED) is 0.628. The zero-order valence-electron chi connectivity index (χ0n) is 10.6. The van der Waals surface area contributed by atoms with Gasteiger partial charge in [0.2, 0.25) is 0 Å². The molecule has 2 aromatic rings. The molecule has 2 rings (SSSR count). The molecular formula is C14H10F3NO3. The molecule has 0 amide bonds. The molecule has 0 heterocycles. The topological polar surface area (TPSA) is 52.4 Å². The number of benzene rings is 2.